The summed E-state index contributed by atoms with van der Waals surface area (Å²) in [4.78, 5) is 11.3. The van der Waals surface area contributed by atoms with E-state index in [2.05, 4.69) is 5.32 Å². The fourth-order valence-electron chi connectivity index (χ4n) is 1.60. The Bertz CT molecular complexity index is 270. The van der Waals surface area contributed by atoms with Crippen molar-refractivity contribution in [3.8, 4) is 0 Å². The van der Waals surface area contributed by atoms with Crippen LogP contribution in [0.1, 0.15) is 40.0 Å². The minimum atomic E-state index is -0.672. The number of hydrogen-bond acceptors (Lipinski definition) is 3. The van der Waals surface area contributed by atoms with Gasteiger partial charge in [-0.1, -0.05) is 12.2 Å². The number of ether oxygens (including phenoxy) is 1. The molecule has 0 saturated carbocycles. The number of aliphatic hydroxyl groups is 1. The zero-order valence-corrected chi connectivity index (χ0v) is 10.2. The van der Waals surface area contributed by atoms with Gasteiger partial charge in [-0.3, -0.25) is 0 Å². The molecule has 0 bridgehead atoms. The van der Waals surface area contributed by atoms with Crippen molar-refractivity contribution < 1.29 is 14.6 Å². The molecule has 0 atom stereocenters. The van der Waals surface area contributed by atoms with Gasteiger partial charge in [0.1, 0.15) is 5.60 Å². The van der Waals surface area contributed by atoms with E-state index in [1.807, 2.05) is 32.9 Å². The van der Waals surface area contributed by atoms with Gasteiger partial charge in [-0.2, -0.15) is 0 Å². The molecule has 0 saturated heterocycles. The lowest BCUT2D eigenvalue weighted by molar-refractivity contribution is 0.0376. The topological polar surface area (TPSA) is 58.6 Å². The third-order valence-electron chi connectivity index (χ3n) is 2.42. The van der Waals surface area contributed by atoms with Gasteiger partial charge < -0.3 is 15.2 Å². The summed E-state index contributed by atoms with van der Waals surface area (Å²) in [6.07, 6.45) is 5.40. The summed E-state index contributed by atoms with van der Waals surface area (Å²) in [7, 11) is 0. The van der Waals surface area contributed by atoms with Crippen molar-refractivity contribution in [1.82, 2.24) is 5.32 Å². The lowest BCUT2D eigenvalue weighted by Crippen LogP contribution is -2.36. The molecule has 0 fully saturated rings. The zero-order valence-electron chi connectivity index (χ0n) is 10.2. The van der Waals surface area contributed by atoms with Gasteiger partial charge in [0.2, 0.25) is 0 Å². The Kier molecular flexibility index (Phi) is 3.97. The smallest absolute Gasteiger partial charge is 0.407 e. The summed E-state index contributed by atoms with van der Waals surface area (Å²) in [5.41, 5.74) is -1.15. The van der Waals surface area contributed by atoms with Gasteiger partial charge in [0.15, 0.2) is 0 Å². The predicted molar refractivity (Wildman–Crippen MR) is 62.2 cm³/mol. The van der Waals surface area contributed by atoms with E-state index in [9.17, 15) is 9.90 Å². The third kappa shape index (κ3) is 4.66. The van der Waals surface area contributed by atoms with Crippen molar-refractivity contribution in [2.24, 2.45) is 0 Å². The highest BCUT2D eigenvalue weighted by atomic mass is 16.6. The average Bonchev–Trinajstić information content (AvgIpc) is 2.49. The molecule has 0 aliphatic heterocycles. The Morgan fingerprint density at radius 2 is 2.00 bits per heavy atom. The minimum Gasteiger partial charge on any atom is -0.444 e. The van der Waals surface area contributed by atoms with Gasteiger partial charge in [-0.25, -0.2) is 4.79 Å². The maximum atomic E-state index is 11.3. The van der Waals surface area contributed by atoms with Crippen molar-refractivity contribution >= 4 is 6.09 Å². The summed E-state index contributed by atoms with van der Waals surface area (Å²) >= 11 is 0. The molecule has 0 aromatic heterocycles. The van der Waals surface area contributed by atoms with E-state index in [1.165, 1.54) is 0 Å². The first-order valence-electron chi connectivity index (χ1n) is 5.65. The fourth-order valence-corrected chi connectivity index (χ4v) is 1.60. The van der Waals surface area contributed by atoms with Crippen molar-refractivity contribution in [2.45, 2.75) is 51.2 Å². The summed E-state index contributed by atoms with van der Waals surface area (Å²) < 4.78 is 5.09. The second-order valence-electron chi connectivity index (χ2n) is 5.28. The molecule has 1 aliphatic rings. The Balaban J connectivity index is 2.18. The van der Waals surface area contributed by atoms with Gasteiger partial charge in [0.05, 0.1) is 5.60 Å². The molecular weight excluding hydrogens is 206 g/mol. The van der Waals surface area contributed by atoms with Crippen LogP contribution < -0.4 is 5.32 Å². The summed E-state index contributed by atoms with van der Waals surface area (Å²) in [5.74, 6) is 0. The van der Waals surface area contributed by atoms with Crippen LogP contribution in [0, 0.1) is 0 Å². The second kappa shape index (κ2) is 4.87. The Morgan fingerprint density at radius 3 is 2.50 bits per heavy atom. The molecule has 1 aliphatic carbocycles. The van der Waals surface area contributed by atoms with Crippen LogP contribution >= 0.6 is 0 Å². The normalized spacial score (nSPS) is 18.5. The first kappa shape index (κ1) is 13.0. The standard InChI is InChI=1S/C12H21NO3/c1-11(2,3)16-10(14)13-9-8-12(15)6-4-5-7-12/h4-5,15H,6-9H2,1-3H3,(H,13,14). The Hall–Kier alpha value is -1.03. The van der Waals surface area contributed by atoms with Crippen molar-refractivity contribution in [3.05, 3.63) is 12.2 Å². The maximum absolute atomic E-state index is 11.3. The highest BCUT2D eigenvalue weighted by Crippen LogP contribution is 2.26. The number of rotatable bonds is 3. The molecule has 0 radical (unpaired) electrons. The average molecular weight is 227 g/mol. The van der Waals surface area contributed by atoms with E-state index in [4.69, 9.17) is 4.74 Å². The summed E-state index contributed by atoms with van der Waals surface area (Å²) in [6.45, 7) is 5.90. The highest BCUT2D eigenvalue weighted by Gasteiger charge is 2.27. The zero-order chi connectivity index (χ0) is 12.2. The molecule has 92 valence electrons. The first-order valence-corrected chi connectivity index (χ1v) is 5.65. The van der Waals surface area contributed by atoms with Gasteiger partial charge in [0.25, 0.3) is 0 Å². The second-order valence-corrected chi connectivity index (χ2v) is 5.28. The molecule has 0 aromatic carbocycles. The van der Waals surface area contributed by atoms with Gasteiger partial charge in [0, 0.05) is 6.54 Å². The van der Waals surface area contributed by atoms with Crippen LogP contribution in [-0.4, -0.2) is 28.9 Å². The van der Waals surface area contributed by atoms with E-state index < -0.39 is 17.3 Å². The van der Waals surface area contributed by atoms with Gasteiger partial charge >= 0.3 is 6.09 Å². The monoisotopic (exact) mass is 227 g/mol. The third-order valence-corrected chi connectivity index (χ3v) is 2.42. The lowest BCUT2D eigenvalue weighted by Gasteiger charge is -2.23. The van der Waals surface area contributed by atoms with Crippen molar-refractivity contribution in [1.29, 1.82) is 0 Å². The number of alkyl carbamates (subject to hydrolysis) is 1. The van der Waals surface area contributed by atoms with Crippen LogP contribution in [0.2, 0.25) is 0 Å². The number of amides is 1. The minimum absolute atomic E-state index is 0.429. The molecule has 0 spiro atoms. The molecule has 16 heavy (non-hydrogen) atoms. The SMILES string of the molecule is CC(C)(C)OC(=O)NCCC1(O)CC=CC1. The maximum Gasteiger partial charge on any atom is 0.407 e. The van der Waals surface area contributed by atoms with Crippen LogP contribution in [0.5, 0.6) is 0 Å². The molecule has 4 nitrogen and oxygen atoms in total. The van der Waals surface area contributed by atoms with E-state index in [0.717, 1.165) is 0 Å². The number of hydrogen-bond donors (Lipinski definition) is 2. The van der Waals surface area contributed by atoms with Crippen LogP contribution in [0.4, 0.5) is 4.79 Å². The molecule has 1 rings (SSSR count). The molecule has 0 unspecified atom stereocenters. The molecule has 1 amide bonds. The quantitative estimate of drug-likeness (QED) is 0.725. The van der Waals surface area contributed by atoms with Crippen LogP contribution in [0.15, 0.2) is 12.2 Å². The van der Waals surface area contributed by atoms with E-state index in [0.29, 0.717) is 25.8 Å². The highest BCUT2D eigenvalue weighted by molar-refractivity contribution is 5.67. The largest absolute Gasteiger partial charge is 0.444 e. The van der Waals surface area contributed by atoms with Gasteiger partial charge in [-0.15, -0.1) is 0 Å². The molecule has 0 aromatic rings. The van der Waals surface area contributed by atoms with Crippen LogP contribution in [0.25, 0.3) is 0 Å². The van der Waals surface area contributed by atoms with E-state index >= 15 is 0 Å². The Labute approximate surface area is 96.7 Å². The van der Waals surface area contributed by atoms with Crippen molar-refractivity contribution in [2.75, 3.05) is 6.54 Å². The summed E-state index contributed by atoms with van der Waals surface area (Å²) in [6, 6.07) is 0. The predicted octanol–water partition coefficient (Wildman–Crippen LogP) is 1.98. The number of nitrogens with one attached hydrogen (secondary N) is 1. The van der Waals surface area contributed by atoms with Crippen molar-refractivity contribution in [3.63, 3.8) is 0 Å². The summed E-state index contributed by atoms with van der Waals surface area (Å²) in [5, 5.41) is 12.6. The van der Waals surface area contributed by atoms with E-state index in [-0.39, 0.29) is 0 Å². The molecule has 4 heteroatoms. The Morgan fingerprint density at radius 1 is 1.44 bits per heavy atom. The van der Waals surface area contributed by atoms with Crippen LogP contribution in [0.3, 0.4) is 0 Å². The lowest BCUT2D eigenvalue weighted by atomic mass is 9.97. The number of carbonyl (C=O) groups is 1. The molecular formula is C12H21NO3. The first-order chi connectivity index (χ1) is 7.31. The van der Waals surface area contributed by atoms with E-state index in [1.54, 1.807) is 0 Å². The molecule has 0 heterocycles. The van der Waals surface area contributed by atoms with Gasteiger partial charge in [-0.05, 0) is 40.0 Å². The number of carbonyl (C=O) groups excluding carboxylic acids is 1. The fraction of sp³-hybridized carbons (Fsp3) is 0.750. The van der Waals surface area contributed by atoms with Crippen LogP contribution in [-0.2, 0) is 4.74 Å². The molecule has 2 N–H and O–H groups in total.